The lowest BCUT2D eigenvalue weighted by Gasteiger charge is -2.23. The lowest BCUT2D eigenvalue weighted by Crippen LogP contribution is -2.46. The van der Waals surface area contributed by atoms with Crippen LogP contribution in [0.2, 0.25) is 0 Å². The number of allylic oxidation sites excluding steroid dienone is 2. The predicted molar refractivity (Wildman–Crippen MR) is 82.3 cm³/mol. The van der Waals surface area contributed by atoms with Crippen molar-refractivity contribution in [2.45, 2.75) is 26.3 Å². The van der Waals surface area contributed by atoms with Crippen molar-refractivity contribution in [1.29, 1.82) is 0 Å². The average Bonchev–Trinajstić information content (AvgIpc) is 3.25. The number of nitrogens with zero attached hydrogens (tertiary/aromatic N) is 3. The molecule has 0 spiro atoms. The van der Waals surface area contributed by atoms with Gasteiger partial charge in [0.1, 0.15) is 11.0 Å². The molecule has 0 aromatic carbocycles. The Bertz CT molecular complexity index is 713. The summed E-state index contributed by atoms with van der Waals surface area (Å²) < 4.78 is 0. The molecule has 2 heterocycles. The van der Waals surface area contributed by atoms with Crippen molar-refractivity contribution in [3.05, 3.63) is 17.2 Å². The van der Waals surface area contributed by atoms with Gasteiger partial charge in [0.15, 0.2) is 0 Å². The van der Waals surface area contributed by atoms with E-state index in [9.17, 15) is 14.4 Å². The number of imide groups is 1. The van der Waals surface area contributed by atoms with E-state index >= 15 is 0 Å². The normalized spacial score (nSPS) is 32.5. The van der Waals surface area contributed by atoms with Crippen LogP contribution in [0.5, 0.6) is 0 Å². The Balaban J connectivity index is 1.53. The van der Waals surface area contributed by atoms with E-state index in [4.69, 9.17) is 0 Å². The Labute approximate surface area is 136 Å². The van der Waals surface area contributed by atoms with Crippen LogP contribution in [0.1, 0.15) is 18.4 Å². The molecule has 3 amide bonds. The van der Waals surface area contributed by atoms with Gasteiger partial charge in [0.25, 0.3) is 0 Å². The minimum atomic E-state index is -0.843. The Hall–Kier alpha value is -2.09. The molecular formula is C15H16N4O3S. The van der Waals surface area contributed by atoms with E-state index in [0.717, 1.165) is 16.3 Å². The summed E-state index contributed by atoms with van der Waals surface area (Å²) in [7, 11) is 0. The van der Waals surface area contributed by atoms with Crippen molar-refractivity contribution in [1.82, 2.24) is 15.1 Å². The van der Waals surface area contributed by atoms with Gasteiger partial charge in [-0.1, -0.05) is 23.5 Å². The van der Waals surface area contributed by atoms with Crippen LogP contribution in [0, 0.1) is 30.6 Å². The fourth-order valence-electron chi connectivity index (χ4n) is 3.98. The van der Waals surface area contributed by atoms with Gasteiger partial charge in [0.2, 0.25) is 22.9 Å². The largest absolute Gasteiger partial charge is 0.299 e. The van der Waals surface area contributed by atoms with E-state index in [1.165, 1.54) is 11.3 Å². The van der Waals surface area contributed by atoms with Gasteiger partial charge in [-0.25, -0.2) is 0 Å². The zero-order valence-corrected chi connectivity index (χ0v) is 13.5. The van der Waals surface area contributed by atoms with Gasteiger partial charge in [-0.05, 0) is 32.1 Å². The molecule has 3 aliphatic rings. The molecule has 8 heteroatoms. The smallest absolute Gasteiger partial charge is 0.249 e. The van der Waals surface area contributed by atoms with E-state index in [2.05, 4.69) is 15.5 Å². The van der Waals surface area contributed by atoms with E-state index in [-0.39, 0.29) is 35.5 Å². The summed E-state index contributed by atoms with van der Waals surface area (Å²) in [5, 5.41) is 11.4. The number of hydrogen-bond acceptors (Lipinski definition) is 6. The molecule has 1 aliphatic heterocycles. The molecule has 1 saturated carbocycles. The summed E-state index contributed by atoms with van der Waals surface area (Å²) in [5.41, 5.74) is 0. The minimum Gasteiger partial charge on any atom is -0.299 e. The first kappa shape index (κ1) is 14.5. The number of rotatable bonds is 3. The van der Waals surface area contributed by atoms with Crippen LogP contribution in [0.15, 0.2) is 12.2 Å². The fraction of sp³-hybridized carbons (Fsp3) is 0.533. The first-order chi connectivity index (χ1) is 11.0. The maximum Gasteiger partial charge on any atom is 0.249 e. The first-order valence-corrected chi connectivity index (χ1v) is 8.45. The zero-order chi connectivity index (χ0) is 16.3. The highest BCUT2D eigenvalue weighted by molar-refractivity contribution is 7.15. The van der Waals surface area contributed by atoms with Gasteiger partial charge in [-0.2, -0.15) is 0 Å². The summed E-state index contributed by atoms with van der Waals surface area (Å²) in [4.78, 5) is 38.8. The molecule has 23 heavy (non-hydrogen) atoms. The number of carbonyl (C=O) groups excluding carboxylic acids is 3. The molecule has 5 atom stereocenters. The SMILES string of the molecule is Cc1nnc(NC(=O)C(C)N2C(=O)C3C4C=CC(C4)C3C2=O)s1. The Morgan fingerprint density at radius 1 is 1.26 bits per heavy atom. The number of carbonyl (C=O) groups is 3. The standard InChI is InChI=1S/C15H16N4O3S/c1-6(12(20)16-15-18-17-7(2)23-15)19-13(21)10-8-3-4-9(5-8)11(10)14(19)22/h3-4,6,8-11H,5H2,1-2H3,(H,16,18,20). The quantitative estimate of drug-likeness (QED) is 0.658. The van der Waals surface area contributed by atoms with Crippen LogP contribution < -0.4 is 5.32 Å². The number of hydrogen-bond donors (Lipinski definition) is 1. The molecule has 1 N–H and O–H groups in total. The van der Waals surface area contributed by atoms with Crippen molar-refractivity contribution in [2.24, 2.45) is 23.7 Å². The summed E-state index contributed by atoms with van der Waals surface area (Å²) in [6, 6.07) is -0.843. The molecule has 2 aliphatic carbocycles. The van der Waals surface area contributed by atoms with Crippen LogP contribution in [0.4, 0.5) is 5.13 Å². The first-order valence-electron chi connectivity index (χ1n) is 7.63. The summed E-state index contributed by atoms with van der Waals surface area (Å²) in [6.07, 6.45) is 4.95. The molecule has 7 nitrogen and oxygen atoms in total. The second kappa shape index (κ2) is 4.95. The van der Waals surface area contributed by atoms with Crippen LogP contribution in [0.25, 0.3) is 0 Å². The number of nitrogens with one attached hydrogen (secondary N) is 1. The van der Waals surface area contributed by atoms with Crippen LogP contribution in [-0.2, 0) is 14.4 Å². The van der Waals surface area contributed by atoms with E-state index in [1.54, 1.807) is 13.8 Å². The van der Waals surface area contributed by atoms with Gasteiger partial charge >= 0.3 is 0 Å². The average molecular weight is 332 g/mol. The summed E-state index contributed by atoms with van der Waals surface area (Å²) in [6.45, 7) is 3.36. The van der Waals surface area contributed by atoms with Crippen LogP contribution in [0.3, 0.4) is 0 Å². The van der Waals surface area contributed by atoms with Gasteiger partial charge in [-0.15, -0.1) is 10.2 Å². The Morgan fingerprint density at radius 3 is 2.39 bits per heavy atom. The molecule has 120 valence electrons. The molecule has 5 unspecified atom stereocenters. The monoisotopic (exact) mass is 332 g/mol. The van der Waals surface area contributed by atoms with Gasteiger partial charge in [-0.3, -0.25) is 24.6 Å². The Morgan fingerprint density at radius 2 is 1.87 bits per heavy atom. The maximum atomic E-state index is 12.7. The minimum absolute atomic E-state index is 0.146. The van der Waals surface area contributed by atoms with Gasteiger partial charge in [0, 0.05) is 0 Å². The second-order valence-corrected chi connectivity index (χ2v) is 7.52. The molecule has 4 rings (SSSR count). The third-order valence-corrected chi connectivity index (χ3v) is 5.78. The van der Waals surface area contributed by atoms with Gasteiger partial charge < -0.3 is 0 Å². The van der Waals surface area contributed by atoms with Crippen molar-refractivity contribution in [3.8, 4) is 0 Å². The highest BCUT2D eigenvalue weighted by Gasteiger charge is 2.60. The van der Waals surface area contributed by atoms with E-state index in [0.29, 0.717) is 5.13 Å². The summed E-state index contributed by atoms with van der Waals surface area (Å²) >= 11 is 1.25. The highest BCUT2D eigenvalue weighted by Crippen LogP contribution is 2.52. The molecule has 1 aromatic heterocycles. The topological polar surface area (TPSA) is 92.3 Å². The number of anilines is 1. The van der Waals surface area contributed by atoms with Crippen molar-refractivity contribution >= 4 is 34.2 Å². The molecule has 2 fully saturated rings. The highest BCUT2D eigenvalue weighted by atomic mass is 32.1. The van der Waals surface area contributed by atoms with E-state index in [1.807, 2.05) is 12.2 Å². The molecular weight excluding hydrogens is 316 g/mol. The molecule has 1 aromatic rings. The fourth-order valence-corrected chi connectivity index (χ4v) is 4.58. The van der Waals surface area contributed by atoms with E-state index < -0.39 is 11.9 Å². The van der Waals surface area contributed by atoms with Crippen LogP contribution in [-0.4, -0.2) is 38.9 Å². The number of aromatic nitrogens is 2. The number of aryl methyl sites for hydroxylation is 1. The third kappa shape index (κ3) is 2.04. The van der Waals surface area contributed by atoms with Crippen molar-refractivity contribution < 1.29 is 14.4 Å². The van der Waals surface area contributed by atoms with Crippen molar-refractivity contribution in [2.75, 3.05) is 5.32 Å². The number of amides is 3. The summed E-state index contributed by atoms with van der Waals surface area (Å²) in [5.74, 6) is -1.11. The number of likely N-dealkylation sites (tertiary alicyclic amines) is 1. The Kier molecular flexibility index (Phi) is 3.12. The number of fused-ring (bicyclic) bond motifs is 5. The second-order valence-electron chi connectivity index (χ2n) is 6.34. The molecule has 0 radical (unpaired) electrons. The van der Waals surface area contributed by atoms with Gasteiger partial charge in [0.05, 0.1) is 11.8 Å². The lowest BCUT2D eigenvalue weighted by atomic mass is 9.85. The molecule has 1 saturated heterocycles. The maximum absolute atomic E-state index is 12.7. The molecule has 2 bridgehead atoms. The lowest BCUT2D eigenvalue weighted by molar-refractivity contribution is -0.146. The van der Waals surface area contributed by atoms with Crippen LogP contribution >= 0.6 is 11.3 Å². The zero-order valence-electron chi connectivity index (χ0n) is 12.7. The predicted octanol–water partition coefficient (Wildman–Crippen LogP) is 0.981. The third-order valence-electron chi connectivity index (χ3n) is 5.03. The van der Waals surface area contributed by atoms with Crippen molar-refractivity contribution in [3.63, 3.8) is 0 Å².